The Morgan fingerprint density at radius 3 is 2.20 bits per heavy atom. The fourth-order valence-corrected chi connectivity index (χ4v) is 8.51. The van der Waals surface area contributed by atoms with E-state index in [0.717, 1.165) is 25.1 Å². The number of likely N-dealkylation sites (N-methyl/N-ethyl adjacent to an activating group) is 1. The monoisotopic (exact) mass is 386 g/mol. The summed E-state index contributed by atoms with van der Waals surface area (Å²) in [5, 5.41) is -0.881. The molecule has 2 saturated heterocycles. The van der Waals surface area contributed by atoms with E-state index in [1.54, 1.807) is 24.3 Å². The lowest BCUT2D eigenvalue weighted by Crippen LogP contribution is -2.54. The second kappa shape index (κ2) is 6.98. The van der Waals surface area contributed by atoms with Crippen LogP contribution in [-0.2, 0) is 26.1 Å². The van der Waals surface area contributed by atoms with Crippen molar-refractivity contribution < 1.29 is 16.8 Å². The molecule has 0 bridgehead atoms. The fraction of sp³-hybridized carbons (Fsp3) is 0.647. The van der Waals surface area contributed by atoms with E-state index in [2.05, 4.69) is 4.90 Å². The van der Waals surface area contributed by atoms with Crippen molar-refractivity contribution in [2.45, 2.75) is 29.5 Å². The number of hydrogen-bond donors (Lipinski definition) is 0. The van der Waals surface area contributed by atoms with Gasteiger partial charge >= 0.3 is 0 Å². The topological polar surface area (TPSA) is 74.8 Å². The molecular weight excluding hydrogens is 360 g/mol. The van der Waals surface area contributed by atoms with E-state index >= 15 is 0 Å². The molecule has 0 saturated carbocycles. The number of benzene rings is 1. The third-order valence-electron chi connectivity index (χ3n) is 5.34. The number of rotatable bonds is 4. The van der Waals surface area contributed by atoms with Crippen molar-refractivity contribution in [1.82, 2.24) is 9.80 Å². The number of piperazine rings is 1. The van der Waals surface area contributed by atoms with E-state index in [9.17, 15) is 16.8 Å². The summed E-state index contributed by atoms with van der Waals surface area (Å²) in [4.78, 5) is 4.45. The van der Waals surface area contributed by atoms with Crippen LogP contribution in [0.5, 0.6) is 0 Å². The van der Waals surface area contributed by atoms with Crippen LogP contribution in [-0.4, -0.2) is 82.7 Å². The van der Waals surface area contributed by atoms with Crippen molar-refractivity contribution in [1.29, 1.82) is 0 Å². The quantitative estimate of drug-likeness (QED) is 0.747. The first-order valence-electron chi connectivity index (χ1n) is 8.69. The molecule has 0 aliphatic carbocycles. The summed E-state index contributed by atoms with van der Waals surface area (Å²) < 4.78 is 50.7. The molecular formula is C17H26N2O4S2. The average Bonchev–Trinajstić information content (AvgIpc) is 2.92. The highest BCUT2D eigenvalue weighted by atomic mass is 32.2. The molecule has 0 spiro atoms. The van der Waals surface area contributed by atoms with Crippen LogP contribution in [0.2, 0.25) is 0 Å². The van der Waals surface area contributed by atoms with E-state index in [1.807, 2.05) is 18.9 Å². The van der Waals surface area contributed by atoms with Crippen molar-refractivity contribution in [2.75, 3.05) is 44.7 Å². The summed E-state index contributed by atoms with van der Waals surface area (Å²) in [6, 6.07) is 6.39. The number of nitrogens with zero attached hydrogens (tertiary/aromatic N) is 2. The predicted molar refractivity (Wildman–Crippen MR) is 98.3 cm³/mol. The Balaban J connectivity index is 1.91. The maximum Gasteiger partial charge on any atom is 0.183 e. The van der Waals surface area contributed by atoms with Gasteiger partial charge in [0.1, 0.15) is 0 Å². The average molecular weight is 387 g/mol. The number of sulfone groups is 2. The highest BCUT2D eigenvalue weighted by molar-refractivity contribution is 7.96. The minimum absolute atomic E-state index is 0.0619. The fourth-order valence-electron chi connectivity index (χ4n) is 3.68. The van der Waals surface area contributed by atoms with Gasteiger partial charge in [0.15, 0.2) is 19.7 Å². The van der Waals surface area contributed by atoms with Crippen LogP contribution >= 0.6 is 0 Å². The van der Waals surface area contributed by atoms with Crippen LogP contribution in [0.15, 0.2) is 29.2 Å². The van der Waals surface area contributed by atoms with E-state index in [0.29, 0.717) is 13.1 Å². The molecule has 2 aliphatic heterocycles. The largest absolute Gasteiger partial charge is 0.304 e. The molecule has 1 aromatic rings. The van der Waals surface area contributed by atoms with Gasteiger partial charge in [-0.3, -0.25) is 4.90 Å². The molecule has 140 valence electrons. The molecule has 8 heteroatoms. The van der Waals surface area contributed by atoms with Crippen LogP contribution in [0.3, 0.4) is 0 Å². The van der Waals surface area contributed by atoms with Gasteiger partial charge in [0.2, 0.25) is 0 Å². The van der Waals surface area contributed by atoms with E-state index in [4.69, 9.17) is 0 Å². The Hall–Kier alpha value is -0.960. The molecule has 0 N–H and O–H groups in total. The van der Waals surface area contributed by atoms with Crippen LogP contribution in [0.1, 0.15) is 12.5 Å². The molecule has 1 aromatic carbocycles. The maximum absolute atomic E-state index is 13.1. The standard InChI is InChI=1S/C17H26N2O4S2/c1-3-14-4-6-15(7-5-14)25(22,23)17-13-24(20,21)12-16(17)19-10-8-18(2)9-11-19/h4-7,16-17H,3,8-13H2,1-2H3/t16-,17+/m1/s1. The maximum atomic E-state index is 13.1. The van der Waals surface area contributed by atoms with Gasteiger partial charge in [0.25, 0.3) is 0 Å². The Bertz CT molecular complexity index is 811. The van der Waals surface area contributed by atoms with Crippen LogP contribution in [0.4, 0.5) is 0 Å². The first kappa shape index (κ1) is 18.8. The number of aryl methyl sites for hydroxylation is 1. The van der Waals surface area contributed by atoms with Crippen molar-refractivity contribution in [2.24, 2.45) is 0 Å². The van der Waals surface area contributed by atoms with Crippen molar-refractivity contribution in [3.05, 3.63) is 29.8 Å². The smallest absolute Gasteiger partial charge is 0.183 e. The van der Waals surface area contributed by atoms with Gasteiger partial charge < -0.3 is 4.90 Å². The normalized spacial score (nSPS) is 28.2. The van der Waals surface area contributed by atoms with Crippen LogP contribution in [0, 0.1) is 0 Å². The second-order valence-corrected chi connectivity index (χ2v) is 11.4. The summed E-state index contributed by atoms with van der Waals surface area (Å²) >= 11 is 0. The Morgan fingerprint density at radius 2 is 1.64 bits per heavy atom. The molecule has 3 rings (SSSR count). The minimum atomic E-state index is -3.68. The first-order valence-corrected chi connectivity index (χ1v) is 12.1. The predicted octanol–water partition coefficient (Wildman–Crippen LogP) is 0.436. The van der Waals surface area contributed by atoms with Gasteiger partial charge in [-0.25, -0.2) is 16.8 Å². The zero-order valence-corrected chi connectivity index (χ0v) is 16.4. The van der Waals surface area contributed by atoms with Gasteiger partial charge in [0.05, 0.1) is 21.7 Å². The van der Waals surface area contributed by atoms with E-state index in [-0.39, 0.29) is 16.4 Å². The second-order valence-electron chi connectivity index (χ2n) is 7.06. The lowest BCUT2D eigenvalue weighted by atomic mass is 10.2. The van der Waals surface area contributed by atoms with Crippen molar-refractivity contribution in [3.63, 3.8) is 0 Å². The third-order valence-corrected chi connectivity index (χ3v) is 9.47. The van der Waals surface area contributed by atoms with Crippen molar-refractivity contribution in [3.8, 4) is 0 Å². The van der Waals surface area contributed by atoms with Gasteiger partial charge in [-0.15, -0.1) is 0 Å². The lowest BCUT2D eigenvalue weighted by Gasteiger charge is -2.37. The molecule has 2 atom stereocenters. The summed E-state index contributed by atoms with van der Waals surface area (Å²) in [7, 11) is -5.01. The summed E-state index contributed by atoms with van der Waals surface area (Å²) in [5.41, 5.74) is 1.06. The number of hydrogen-bond acceptors (Lipinski definition) is 6. The molecule has 0 amide bonds. The Morgan fingerprint density at radius 1 is 1.04 bits per heavy atom. The van der Waals surface area contributed by atoms with Crippen molar-refractivity contribution >= 4 is 19.7 Å². The zero-order chi connectivity index (χ0) is 18.2. The SMILES string of the molecule is CCc1ccc(S(=O)(=O)[C@H]2CS(=O)(=O)C[C@H]2N2CCN(C)CC2)cc1. The van der Waals surface area contributed by atoms with Gasteiger partial charge in [-0.05, 0) is 31.2 Å². The molecule has 6 nitrogen and oxygen atoms in total. The lowest BCUT2D eigenvalue weighted by molar-refractivity contribution is 0.122. The third kappa shape index (κ3) is 3.92. The highest BCUT2D eigenvalue weighted by Gasteiger charge is 2.48. The summed E-state index contributed by atoms with van der Waals surface area (Å²) in [6.45, 7) is 5.08. The van der Waals surface area contributed by atoms with E-state index in [1.165, 1.54) is 0 Å². The van der Waals surface area contributed by atoms with Gasteiger partial charge in [0, 0.05) is 32.2 Å². The Labute approximate surface area is 150 Å². The summed E-state index contributed by atoms with van der Waals surface area (Å²) in [6.07, 6.45) is 0.835. The molecule has 2 heterocycles. The van der Waals surface area contributed by atoms with Crippen LogP contribution < -0.4 is 0 Å². The highest BCUT2D eigenvalue weighted by Crippen LogP contribution is 2.29. The first-order chi connectivity index (χ1) is 11.7. The zero-order valence-electron chi connectivity index (χ0n) is 14.8. The van der Waals surface area contributed by atoms with Gasteiger partial charge in [-0.2, -0.15) is 0 Å². The molecule has 25 heavy (non-hydrogen) atoms. The molecule has 0 radical (unpaired) electrons. The molecule has 0 unspecified atom stereocenters. The molecule has 2 fully saturated rings. The van der Waals surface area contributed by atoms with Crippen LogP contribution in [0.25, 0.3) is 0 Å². The molecule has 0 aromatic heterocycles. The minimum Gasteiger partial charge on any atom is -0.304 e. The van der Waals surface area contributed by atoms with Gasteiger partial charge in [-0.1, -0.05) is 19.1 Å². The molecule has 2 aliphatic rings. The van der Waals surface area contributed by atoms with E-state index < -0.39 is 31.0 Å². The Kier molecular flexibility index (Phi) is 5.26. The summed E-state index contributed by atoms with van der Waals surface area (Å²) in [5.74, 6) is -0.338.